The zero-order valence-corrected chi connectivity index (χ0v) is 14.2. The Hall–Kier alpha value is -2.25. The molecule has 1 aliphatic rings. The molecule has 1 fully saturated rings. The van der Waals surface area contributed by atoms with E-state index in [0.717, 1.165) is 60.8 Å². The summed E-state index contributed by atoms with van der Waals surface area (Å²) in [5, 5.41) is 9.07. The van der Waals surface area contributed by atoms with Crippen molar-refractivity contribution in [3.05, 3.63) is 29.6 Å². The van der Waals surface area contributed by atoms with E-state index in [1.54, 1.807) is 0 Å². The highest BCUT2D eigenvalue weighted by molar-refractivity contribution is 5.91. The van der Waals surface area contributed by atoms with Gasteiger partial charge in [-0.2, -0.15) is 0 Å². The maximum absolute atomic E-state index is 12.0. The van der Waals surface area contributed by atoms with Gasteiger partial charge < -0.3 is 16.0 Å². The lowest BCUT2D eigenvalue weighted by Gasteiger charge is -2.27. The summed E-state index contributed by atoms with van der Waals surface area (Å²) in [5.41, 5.74) is 4.17. The number of hydrogen-bond acceptors (Lipinski definition) is 5. The zero-order valence-electron chi connectivity index (χ0n) is 14.2. The van der Waals surface area contributed by atoms with E-state index in [2.05, 4.69) is 30.8 Å². The molecule has 2 amide bonds. The molecule has 1 aliphatic heterocycles. The SMILES string of the molecule is Cc1nc2ccc(NC(=O)NCCN3CCNCC3)cc2nc1C. The van der Waals surface area contributed by atoms with E-state index in [4.69, 9.17) is 0 Å². The van der Waals surface area contributed by atoms with E-state index in [0.29, 0.717) is 6.54 Å². The van der Waals surface area contributed by atoms with E-state index in [1.165, 1.54) is 0 Å². The molecule has 1 aromatic carbocycles. The van der Waals surface area contributed by atoms with Gasteiger partial charge in [-0.3, -0.25) is 4.90 Å². The van der Waals surface area contributed by atoms with Crippen molar-refractivity contribution in [2.45, 2.75) is 13.8 Å². The van der Waals surface area contributed by atoms with Gasteiger partial charge >= 0.3 is 6.03 Å². The maximum Gasteiger partial charge on any atom is 0.319 e. The second-order valence-corrected chi connectivity index (χ2v) is 6.07. The number of amides is 2. The third-order valence-corrected chi connectivity index (χ3v) is 4.26. The predicted octanol–water partition coefficient (Wildman–Crippen LogP) is 1.27. The Balaban J connectivity index is 1.54. The molecule has 0 bridgehead atoms. The van der Waals surface area contributed by atoms with Crippen LogP contribution < -0.4 is 16.0 Å². The van der Waals surface area contributed by atoms with Gasteiger partial charge in [0.2, 0.25) is 0 Å². The minimum Gasteiger partial charge on any atom is -0.337 e. The van der Waals surface area contributed by atoms with Gasteiger partial charge in [-0.15, -0.1) is 0 Å². The number of aryl methyl sites for hydroxylation is 2. The molecule has 0 spiro atoms. The van der Waals surface area contributed by atoms with Gasteiger partial charge in [0.05, 0.1) is 22.4 Å². The fraction of sp³-hybridized carbons (Fsp3) is 0.471. The second-order valence-electron chi connectivity index (χ2n) is 6.07. The predicted molar refractivity (Wildman–Crippen MR) is 95.3 cm³/mol. The molecule has 1 aromatic heterocycles. The van der Waals surface area contributed by atoms with Crippen molar-refractivity contribution in [1.82, 2.24) is 25.5 Å². The first-order valence-corrected chi connectivity index (χ1v) is 8.35. The van der Waals surface area contributed by atoms with Gasteiger partial charge in [-0.1, -0.05) is 0 Å². The molecule has 128 valence electrons. The third-order valence-electron chi connectivity index (χ3n) is 4.26. The standard InChI is InChI=1S/C17H24N6O/c1-12-13(2)21-16-11-14(3-4-15(16)20-12)22-17(24)19-7-10-23-8-5-18-6-9-23/h3-4,11,18H,5-10H2,1-2H3,(H2,19,22,24). The van der Waals surface area contributed by atoms with Crippen molar-refractivity contribution >= 4 is 22.8 Å². The van der Waals surface area contributed by atoms with Crippen molar-refractivity contribution in [2.24, 2.45) is 0 Å². The van der Waals surface area contributed by atoms with Crippen LogP contribution in [-0.4, -0.2) is 60.2 Å². The zero-order chi connectivity index (χ0) is 16.9. The van der Waals surface area contributed by atoms with Gasteiger partial charge in [0.25, 0.3) is 0 Å². The second kappa shape index (κ2) is 7.55. The van der Waals surface area contributed by atoms with Gasteiger partial charge in [0, 0.05) is 45.0 Å². The molecule has 0 unspecified atom stereocenters. The normalized spacial score (nSPS) is 15.4. The number of nitrogens with one attached hydrogen (secondary N) is 3. The van der Waals surface area contributed by atoms with Crippen LogP contribution in [0.5, 0.6) is 0 Å². The van der Waals surface area contributed by atoms with Crippen LogP contribution in [0.2, 0.25) is 0 Å². The highest BCUT2D eigenvalue weighted by Crippen LogP contribution is 2.17. The van der Waals surface area contributed by atoms with Crippen LogP contribution >= 0.6 is 0 Å². The Morgan fingerprint density at radius 1 is 1.17 bits per heavy atom. The van der Waals surface area contributed by atoms with E-state index >= 15 is 0 Å². The molecule has 2 heterocycles. The number of hydrogen-bond donors (Lipinski definition) is 3. The van der Waals surface area contributed by atoms with Gasteiger partial charge in [-0.05, 0) is 32.0 Å². The Morgan fingerprint density at radius 3 is 2.62 bits per heavy atom. The summed E-state index contributed by atoms with van der Waals surface area (Å²) < 4.78 is 0. The summed E-state index contributed by atoms with van der Waals surface area (Å²) in [6.45, 7) is 9.49. The van der Waals surface area contributed by atoms with Crippen LogP contribution in [0.4, 0.5) is 10.5 Å². The molecule has 7 heteroatoms. The van der Waals surface area contributed by atoms with Gasteiger partial charge in [0.15, 0.2) is 0 Å². The Labute approximate surface area is 141 Å². The van der Waals surface area contributed by atoms with Crippen molar-refractivity contribution < 1.29 is 4.79 Å². The molecule has 24 heavy (non-hydrogen) atoms. The highest BCUT2D eigenvalue weighted by Gasteiger charge is 2.10. The monoisotopic (exact) mass is 328 g/mol. The quantitative estimate of drug-likeness (QED) is 0.787. The van der Waals surface area contributed by atoms with E-state index < -0.39 is 0 Å². The average molecular weight is 328 g/mol. The lowest BCUT2D eigenvalue weighted by Crippen LogP contribution is -2.46. The first-order chi connectivity index (χ1) is 11.6. The van der Waals surface area contributed by atoms with E-state index in [9.17, 15) is 4.79 Å². The number of fused-ring (bicyclic) bond motifs is 1. The fourth-order valence-electron chi connectivity index (χ4n) is 2.75. The number of urea groups is 1. The van der Waals surface area contributed by atoms with Gasteiger partial charge in [-0.25, -0.2) is 14.8 Å². The first kappa shape index (κ1) is 16.6. The largest absolute Gasteiger partial charge is 0.337 e. The number of carbonyl (C=O) groups excluding carboxylic acids is 1. The Kier molecular flexibility index (Phi) is 5.22. The van der Waals surface area contributed by atoms with Crippen LogP contribution in [-0.2, 0) is 0 Å². The molecule has 0 aliphatic carbocycles. The van der Waals surface area contributed by atoms with Gasteiger partial charge in [0.1, 0.15) is 0 Å². The molecule has 7 nitrogen and oxygen atoms in total. The molecule has 0 atom stereocenters. The summed E-state index contributed by atoms with van der Waals surface area (Å²) in [6, 6.07) is 5.39. The Bertz CT molecular complexity index is 726. The first-order valence-electron chi connectivity index (χ1n) is 8.35. The molecule has 3 N–H and O–H groups in total. The molecule has 1 saturated heterocycles. The number of rotatable bonds is 4. The summed E-state index contributed by atoms with van der Waals surface area (Å²) >= 11 is 0. The maximum atomic E-state index is 12.0. The summed E-state index contributed by atoms with van der Waals surface area (Å²) in [4.78, 5) is 23.4. The topological polar surface area (TPSA) is 82.2 Å². The molecule has 3 rings (SSSR count). The van der Waals surface area contributed by atoms with Crippen molar-refractivity contribution in [3.8, 4) is 0 Å². The minimum atomic E-state index is -0.193. The average Bonchev–Trinajstić information content (AvgIpc) is 2.57. The molecule has 2 aromatic rings. The number of piperazine rings is 1. The summed E-state index contributed by atoms with van der Waals surface area (Å²) in [5.74, 6) is 0. The molecule has 0 saturated carbocycles. The highest BCUT2D eigenvalue weighted by atomic mass is 16.2. The van der Waals surface area contributed by atoms with Crippen LogP contribution in [0.15, 0.2) is 18.2 Å². The number of anilines is 1. The van der Waals surface area contributed by atoms with Crippen LogP contribution in [0, 0.1) is 13.8 Å². The number of carbonyl (C=O) groups is 1. The van der Waals surface area contributed by atoms with Crippen molar-refractivity contribution in [1.29, 1.82) is 0 Å². The summed E-state index contributed by atoms with van der Waals surface area (Å²) in [7, 11) is 0. The van der Waals surface area contributed by atoms with Crippen LogP contribution in [0.25, 0.3) is 11.0 Å². The molecular weight excluding hydrogens is 304 g/mol. The number of aromatic nitrogens is 2. The molecular formula is C17H24N6O. The van der Waals surface area contributed by atoms with Crippen LogP contribution in [0.1, 0.15) is 11.4 Å². The van der Waals surface area contributed by atoms with E-state index in [-0.39, 0.29) is 6.03 Å². The summed E-state index contributed by atoms with van der Waals surface area (Å²) in [6.07, 6.45) is 0. The fourth-order valence-corrected chi connectivity index (χ4v) is 2.75. The minimum absolute atomic E-state index is 0.193. The van der Waals surface area contributed by atoms with Crippen LogP contribution in [0.3, 0.4) is 0 Å². The number of nitrogens with zero attached hydrogens (tertiary/aromatic N) is 3. The molecule has 0 radical (unpaired) electrons. The smallest absolute Gasteiger partial charge is 0.319 e. The van der Waals surface area contributed by atoms with Crippen molar-refractivity contribution in [3.63, 3.8) is 0 Å². The number of benzene rings is 1. The Morgan fingerprint density at radius 2 is 1.88 bits per heavy atom. The van der Waals surface area contributed by atoms with E-state index in [1.807, 2.05) is 32.0 Å². The van der Waals surface area contributed by atoms with Crippen molar-refractivity contribution in [2.75, 3.05) is 44.6 Å². The lowest BCUT2D eigenvalue weighted by molar-refractivity contribution is 0.233. The lowest BCUT2D eigenvalue weighted by atomic mass is 10.2. The third kappa shape index (κ3) is 4.18.